The summed E-state index contributed by atoms with van der Waals surface area (Å²) in [7, 11) is 0. The Kier molecular flexibility index (Phi) is 9.49. The van der Waals surface area contributed by atoms with Crippen molar-refractivity contribution in [1.82, 2.24) is 0 Å². The molecule has 1 atom stereocenters. The molecule has 4 heteroatoms. The highest BCUT2D eigenvalue weighted by Crippen LogP contribution is 2.35. The van der Waals surface area contributed by atoms with Gasteiger partial charge in [-0.15, -0.1) is 0 Å². The molecule has 1 aliphatic rings. The van der Waals surface area contributed by atoms with Crippen molar-refractivity contribution >= 4 is 5.57 Å². The summed E-state index contributed by atoms with van der Waals surface area (Å²) < 4.78 is 49.5. The van der Waals surface area contributed by atoms with Crippen LogP contribution < -0.4 is 4.74 Å². The molecule has 196 valence electrons. The molecular weight excluding hydrogens is 469 g/mol. The van der Waals surface area contributed by atoms with E-state index in [4.69, 9.17) is 4.74 Å². The van der Waals surface area contributed by atoms with E-state index in [1.54, 1.807) is 18.2 Å². The van der Waals surface area contributed by atoms with Crippen molar-refractivity contribution < 1.29 is 17.9 Å². The molecule has 0 heterocycles. The number of unbranched alkanes of at least 4 members (excludes halogenated alkanes) is 2. The molecule has 0 amide bonds. The lowest BCUT2D eigenvalue weighted by atomic mass is 9.83. The molecule has 0 saturated carbocycles. The van der Waals surface area contributed by atoms with Gasteiger partial charge in [0.1, 0.15) is 0 Å². The van der Waals surface area contributed by atoms with Crippen LogP contribution in [-0.4, -0.2) is 6.61 Å². The first-order valence-electron chi connectivity index (χ1n) is 13.7. The zero-order chi connectivity index (χ0) is 26.2. The number of hydrogen-bond acceptors (Lipinski definition) is 1. The van der Waals surface area contributed by atoms with Crippen LogP contribution in [-0.2, 0) is 12.8 Å². The molecule has 0 aliphatic heterocycles. The number of halogens is 3. The van der Waals surface area contributed by atoms with Crippen molar-refractivity contribution in [1.29, 1.82) is 0 Å². The summed E-state index contributed by atoms with van der Waals surface area (Å²) in [5.41, 5.74) is 4.70. The summed E-state index contributed by atoms with van der Waals surface area (Å²) in [6.45, 7) is 4.44. The molecule has 0 fully saturated rings. The highest BCUT2D eigenvalue weighted by Gasteiger charge is 2.19. The molecule has 0 saturated heterocycles. The Morgan fingerprint density at radius 2 is 1.62 bits per heavy atom. The van der Waals surface area contributed by atoms with Crippen LogP contribution in [0.1, 0.15) is 75.5 Å². The molecule has 0 aromatic heterocycles. The highest BCUT2D eigenvalue weighted by molar-refractivity contribution is 5.67. The topological polar surface area (TPSA) is 9.23 Å². The molecule has 3 aromatic carbocycles. The molecule has 1 unspecified atom stereocenters. The second-order valence-electron chi connectivity index (χ2n) is 10.0. The van der Waals surface area contributed by atoms with Crippen molar-refractivity contribution in [3.05, 3.63) is 94.8 Å². The van der Waals surface area contributed by atoms with Crippen molar-refractivity contribution in [2.45, 2.75) is 71.6 Å². The second kappa shape index (κ2) is 13.0. The molecule has 0 N–H and O–H groups in total. The molecule has 4 rings (SSSR count). The first kappa shape index (κ1) is 27.0. The van der Waals surface area contributed by atoms with Gasteiger partial charge in [0.15, 0.2) is 23.2 Å². The normalized spacial score (nSPS) is 15.5. The van der Waals surface area contributed by atoms with Gasteiger partial charge in [0.2, 0.25) is 0 Å². The highest BCUT2D eigenvalue weighted by atomic mass is 19.2. The number of rotatable bonds is 11. The van der Waals surface area contributed by atoms with Gasteiger partial charge in [-0.2, -0.15) is 0 Å². The van der Waals surface area contributed by atoms with Crippen LogP contribution in [0.2, 0.25) is 0 Å². The SMILES string of the molecule is CCCCCc1ccc(-c2ccc(CCC3CC=C(c4ccc(OCC)c(F)c4)CC3)c(F)c2F)cc1. The maximum absolute atomic E-state index is 15.0. The van der Waals surface area contributed by atoms with E-state index in [0.717, 1.165) is 49.7 Å². The van der Waals surface area contributed by atoms with Crippen molar-refractivity contribution in [2.24, 2.45) is 5.92 Å². The Balaban J connectivity index is 1.35. The van der Waals surface area contributed by atoms with Gasteiger partial charge in [-0.05, 0) is 97.7 Å². The average Bonchev–Trinajstić information content (AvgIpc) is 2.92. The van der Waals surface area contributed by atoms with Crippen molar-refractivity contribution in [2.75, 3.05) is 6.61 Å². The molecule has 0 bridgehead atoms. The molecule has 1 aliphatic carbocycles. The fourth-order valence-electron chi connectivity index (χ4n) is 5.18. The zero-order valence-electron chi connectivity index (χ0n) is 22.0. The quantitative estimate of drug-likeness (QED) is 0.235. The van der Waals surface area contributed by atoms with E-state index in [2.05, 4.69) is 13.0 Å². The monoisotopic (exact) mass is 506 g/mol. The molecule has 3 aromatic rings. The van der Waals surface area contributed by atoms with Gasteiger partial charge in [-0.1, -0.05) is 68.3 Å². The van der Waals surface area contributed by atoms with Crippen LogP contribution >= 0.6 is 0 Å². The minimum atomic E-state index is -0.764. The van der Waals surface area contributed by atoms with Crippen LogP contribution in [0.4, 0.5) is 13.2 Å². The average molecular weight is 507 g/mol. The molecular formula is C33H37F3O. The first-order valence-corrected chi connectivity index (χ1v) is 13.7. The summed E-state index contributed by atoms with van der Waals surface area (Å²) in [6.07, 6.45) is 10.7. The van der Waals surface area contributed by atoms with Crippen molar-refractivity contribution in [3.63, 3.8) is 0 Å². The van der Waals surface area contributed by atoms with E-state index in [1.807, 2.05) is 37.3 Å². The third-order valence-electron chi connectivity index (χ3n) is 7.44. The van der Waals surface area contributed by atoms with Gasteiger partial charge in [-0.25, -0.2) is 13.2 Å². The Morgan fingerprint density at radius 1 is 0.838 bits per heavy atom. The lowest BCUT2D eigenvalue weighted by molar-refractivity contribution is 0.321. The van der Waals surface area contributed by atoms with Crippen LogP contribution in [0.3, 0.4) is 0 Å². The molecule has 0 radical (unpaired) electrons. The standard InChI is InChI=1S/C33H37F3O/c1-3-5-6-7-23-10-15-26(16-11-23)29-20-18-27(32(35)33(29)36)17-12-24-8-13-25(14-9-24)28-19-21-31(37-4-2)30(34)22-28/h10-11,13,15-16,18-22,24H,3-9,12,14,17H2,1-2H3. The number of benzene rings is 3. The van der Waals surface area contributed by atoms with Crippen LogP contribution in [0.15, 0.2) is 60.7 Å². The number of aryl methyl sites for hydroxylation is 2. The molecule has 1 nitrogen and oxygen atoms in total. The Morgan fingerprint density at radius 3 is 2.30 bits per heavy atom. The third-order valence-corrected chi connectivity index (χ3v) is 7.44. The zero-order valence-corrected chi connectivity index (χ0v) is 22.0. The predicted octanol–water partition coefficient (Wildman–Crippen LogP) is 9.72. The maximum Gasteiger partial charge on any atom is 0.166 e. The minimum absolute atomic E-state index is 0.278. The smallest absolute Gasteiger partial charge is 0.166 e. The molecule has 37 heavy (non-hydrogen) atoms. The summed E-state index contributed by atoms with van der Waals surface area (Å²) in [5.74, 6) is -1.16. The molecule has 0 spiro atoms. The Bertz CT molecular complexity index is 1210. The van der Waals surface area contributed by atoms with E-state index in [1.165, 1.54) is 24.5 Å². The predicted molar refractivity (Wildman–Crippen MR) is 146 cm³/mol. The lowest BCUT2D eigenvalue weighted by Gasteiger charge is -2.22. The van der Waals surface area contributed by atoms with Crippen LogP contribution in [0, 0.1) is 23.4 Å². The van der Waals surface area contributed by atoms with Gasteiger partial charge in [0.25, 0.3) is 0 Å². The minimum Gasteiger partial charge on any atom is -0.491 e. The van der Waals surface area contributed by atoms with Gasteiger partial charge < -0.3 is 4.74 Å². The van der Waals surface area contributed by atoms with E-state index < -0.39 is 11.6 Å². The summed E-state index contributed by atoms with van der Waals surface area (Å²) in [5, 5.41) is 0. The van der Waals surface area contributed by atoms with E-state index >= 15 is 0 Å². The van der Waals surface area contributed by atoms with Gasteiger partial charge in [0, 0.05) is 5.56 Å². The lowest BCUT2D eigenvalue weighted by Crippen LogP contribution is -2.08. The number of allylic oxidation sites excluding steroid dienone is 2. The van der Waals surface area contributed by atoms with Crippen LogP contribution in [0.25, 0.3) is 16.7 Å². The second-order valence-corrected chi connectivity index (χ2v) is 10.0. The van der Waals surface area contributed by atoms with Gasteiger partial charge in [0.05, 0.1) is 6.61 Å². The fourth-order valence-corrected chi connectivity index (χ4v) is 5.18. The largest absolute Gasteiger partial charge is 0.491 e. The van der Waals surface area contributed by atoms with Crippen molar-refractivity contribution in [3.8, 4) is 16.9 Å². The maximum atomic E-state index is 15.0. The Labute approximate surface area is 219 Å². The van der Waals surface area contributed by atoms with Gasteiger partial charge in [-0.3, -0.25) is 0 Å². The van der Waals surface area contributed by atoms with Crippen LogP contribution in [0.5, 0.6) is 5.75 Å². The van der Waals surface area contributed by atoms with E-state index in [9.17, 15) is 13.2 Å². The summed E-state index contributed by atoms with van der Waals surface area (Å²) >= 11 is 0. The first-order chi connectivity index (χ1) is 18.0. The number of hydrogen-bond donors (Lipinski definition) is 0. The summed E-state index contributed by atoms with van der Waals surface area (Å²) in [4.78, 5) is 0. The van der Waals surface area contributed by atoms with E-state index in [0.29, 0.717) is 35.6 Å². The van der Waals surface area contributed by atoms with Gasteiger partial charge >= 0.3 is 0 Å². The number of ether oxygens (including phenoxy) is 1. The Hall–Kier alpha value is -3.01. The summed E-state index contributed by atoms with van der Waals surface area (Å²) in [6, 6.07) is 16.4. The third kappa shape index (κ3) is 6.85. The fraction of sp³-hybridized carbons (Fsp3) is 0.394. The van der Waals surface area contributed by atoms with E-state index in [-0.39, 0.29) is 11.6 Å².